The van der Waals surface area contributed by atoms with Gasteiger partial charge in [0.2, 0.25) is 10.0 Å². The third-order valence-electron chi connectivity index (χ3n) is 4.36. The minimum absolute atomic E-state index is 0.0875. The highest BCUT2D eigenvalue weighted by Crippen LogP contribution is 2.27. The maximum absolute atomic E-state index is 13.1. The Morgan fingerprint density at radius 2 is 1.90 bits per heavy atom. The van der Waals surface area contributed by atoms with Crippen LogP contribution in [0.1, 0.15) is 11.3 Å². The highest BCUT2D eigenvalue weighted by molar-refractivity contribution is 7.89. The number of nitrogens with zero attached hydrogens (tertiary/aromatic N) is 3. The summed E-state index contributed by atoms with van der Waals surface area (Å²) in [5.41, 5.74) is 1.10. The number of nitro groups is 1. The van der Waals surface area contributed by atoms with Gasteiger partial charge in [0.05, 0.1) is 30.5 Å². The maximum atomic E-state index is 13.1. The molecule has 11 heteroatoms. The molecule has 1 heterocycles. The number of hydrogen-bond acceptors (Lipinski definition) is 7. The van der Waals surface area contributed by atoms with Crippen LogP contribution in [0, 0.1) is 17.0 Å². The fraction of sp³-hybridized carbons (Fsp3) is 0.211. The summed E-state index contributed by atoms with van der Waals surface area (Å²) >= 11 is 0. The molecule has 0 saturated heterocycles. The minimum atomic E-state index is -4.13. The van der Waals surface area contributed by atoms with Gasteiger partial charge in [-0.1, -0.05) is 6.07 Å². The Labute approximate surface area is 173 Å². The molecule has 0 fully saturated rings. The van der Waals surface area contributed by atoms with Crippen molar-refractivity contribution in [2.45, 2.75) is 18.4 Å². The zero-order chi connectivity index (χ0) is 21.9. The van der Waals surface area contributed by atoms with Crippen LogP contribution in [-0.4, -0.2) is 37.3 Å². The molecule has 0 aliphatic heterocycles. The molecular formula is C19H20N4O6S. The van der Waals surface area contributed by atoms with Crippen LogP contribution < -0.4 is 14.2 Å². The summed E-state index contributed by atoms with van der Waals surface area (Å²) in [6.45, 7) is 1.67. The summed E-state index contributed by atoms with van der Waals surface area (Å²) in [6, 6.07) is 10.3. The Kier molecular flexibility index (Phi) is 6.04. The fourth-order valence-corrected chi connectivity index (χ4v) is 4.03. The number of aryl methyl sites for hydroxylation is 1. The molecule has 0 saturated carbocycles. The van der Waals surface area contributed by atoms with E-state index in [1.54, 1.807) is 37.4 Å². The molecule has 0 aliphatic carbocycles. The van der Waals surface area contributed by atoms with E-state index in [0.29, 0.717) is 22.8 Å². The fourth-order valence-electron chi connectivity index (χ4n) is 2.82. The van der Waals surface area contributed by atoms with Gasteiger partial charge in [-0.2, -0.15) is 5.10 Å². The second-order valence-corrected chi connectivity index (χ2v) is 8.05. The van der Waals surface area contributed by atoms with Crippen LogP contribution in [0.2, 0.25) is 0 Å². The Bertz CT molecular complexity index is 1190. The smallest absolute Gasteiger partial charge is 0.270 e. The second kappa shape index (κ2) is 8.51. The van der Waals surface area contributed by atoms with Crippen LogP contribution in [-0.2, 0) is 16.6 Å². The van der Waals surface area contributed by atoms with Gasteiger partial charge < -0.3 is 9.47 Å². The van der Waals surface area contributed by atoms with Crippen molar-refractivity contribution in [3.63, 3.8) is 0 Å². The summed E-state index contributed by atoms with van der Waals surface area (Å²) in [5, 5.41) is 15.4. The lowest BCUT2D eigenvalue weighted by molar-refractivity contribution is -0.385. The highest BCUT2D eigenvalue weighted by atomic mass is 32.2. The average Bonchev–Trinajstić information content (AvgIpc) is 3.17. The first-order chi connectivity index (χ1) is 14.2. The minimum Gasteiger partial charge on any atom is -0.497 e. The number of benzene rings is 2. The summed E-state index contributed by atoms with van der Waals surface area (Å²) in [4.78, 5) is 10.3. The lowest BCUT2D eigenvalue weighted by atomic mass is 10.2. The summed E-state index contributed by atoms with van der Waals surface area (Å²) in [6.07, 6.45) is 1.59. The molecule has 0 aliphatic rings. The molecule has 3 rings (SSSR count). The lowest BCUT2D eigenvalue weighted by Gasteiger charge is -2.14. The quantitative estimate of drug-likeness (QED) is 0.428. The van der Waals surface area contributed by atoms with Gasteiger partial charge in [0.25, 0.3) is 5.69 Å². The molecule has 0 unspecified atom stereocenters. The van der Waals surface area contributed by atoms with E-state index in [1.165, 1.54) is 31.0 Å². The molecular weight excluding hydrogens is 412 g/mol. The van der Waals surface area contributed by atoms with Crippen molar-refractivity contribution in [3.8, 4) is 17.2 Å². The van der Waals surface area contributed by atoms with Gasteiger partial charge in [-0.3, -0.25) is 10.1 Å². The summed E-state index contributed by atoms with van der Waals surface area (Å²) in [5.74, 6) is 1.01. The average molecular weight is 432 g/mol. The molecule has 0 radical (unpaired) electrons. The number of methoxy groups -OCH3 is 2. The van der Waals surface area contributed by atoms with Gasteiger partial charge in [-0.15, -0.1) is 0 Å². The van der Waals surface area contributed by atoms with Crippen molar-refractivity contribution in [1.82, 2.24) is 14.5 Å². The Morgan fingerprint density at radius 1 is 1.13 bits per heavy atom. The largest absolute Gasteiger partial charge is 0.497 e. The first-order valence-electron chi connectivity index (χ1n) is 8.77. The van der Waals surface area contributed by atoms with Crippen LogP contribution in [0.3, 0.4) is 0 Å². The van der Waals surface area contributed by atoms with Crippen LogP contribution in [0.25, 0.3) is 5.69 Å². The number of aromatic nitrogens is 2. The predicted molar refractivity (Wildman–Crippen MR) is 109 cm³/mol. The monoisotopic (exact) mass is 432 g/mol. The molecule has 30 heavy (non-hydrogen) atoms. The highest BCUT2D eigenvalue weighted by Gasteiger charge is 2.24. The molecule has 2 aromatic carbocycles. The van der Waals surface area contributed by atoms with Crippen molar-refractivity contribution >= 4 is 15.7 Å². The Hall–Kier alpha value is -3.44. The topological polar surface area (TPSA) is 126 Å². The maximum Gasteiger partial charge on any atom is 0.270 e. The van der Waals surface area contributed by atoms with E-state index in [9.17, 15) is 18.5 Å². The number of hydrogen-bond donors (Lipinski definition) is 1. The van der Waals surface area contributed by atoms with Gasteiger partial charge in [0.1, 0.15) is 16.4 Å². The molecule has 158 valence electrons. The number of non-ortho nitro benzene ring substituents is 1. The predicted octanol–water partition coefficient (Wildman–Crippen LogP) is 2.58. The number of nitro benzene ring substituents is 1. The molecule has 0 atom stereocenters. The number of nitrogens with one attached hydrogen (secondary N) is 1. The van der Waals surface area contributed by atoms with Crippen LogP contribution in [0.15, 0.2) is 53.6 Å². The molecule has 0 bridgehead atoms. The summed E-state index contributed by atoms with van der Waals surface area (Å²) in [7, 11) is -1.15. The van der Waals surface area contributed by atoms with Crippen molar-refractivity contribution in [1.29, 1.82) is 0 Å². The van der Waals surface area contributed by atoms with E-state index >= 15 is 0 Å². The van der Waals surface area contributed by atoms with Gasteiger partial charge in [-0.05, 0) is 25.1 Å². The van der Waals surface area contributed by atoms with Crippen LogP contribution >= 0.6 is 0 Å². The third-order valence-corrected chi connectivity index (χ3v) is 5.79. The van der Waals surface area contributed by atoms with Gasteiger partial charge >= 0.3 is 0 Å². The van der Waals surface area contributed by atoms with Gasteiger partial charge in [0.15, 0.2) is 0 Å². The van der Waals surface area contributed by atoms with Crippen molar-refractivity contribution in [2.24, 2.45) is 0 Å². The van der Waals surface area contributed by atoms with Gasteiger partial charge in [0, 0.05) is 36.5 Å². The van der Waals surface area contributed by atoms with Crippen molar-refractivity contribution < 1.29 is 22.8 Å². The van der Waals surface area contributed by atoms with E-state index in [1.807, 2.05) is 0 Å². The second-order valence-electron chi connectivity index (χ2n) is 6.31. The molecule has 1 N–H and O–H groups in total. The zero-order valence-corrected chi connectivity index (χ0v) is 17.3. The zero-order valence-electron chi connectivity index (χ0n) is 16.5. The third kappa shape index (κ3) is 4.42. The van der Waals surface area contributed by atoms with Crippen LogP contribution in [0.5, 0.6) is 11.5 Å². The number of sulfonamides is 1. The number of rotatable bonds is 8. The van der Waals surface area contributed by atoms with E-state index in [4.69, 9.17) is 9.47 Å². The molecule has 10 nitrogen and oxygen atoms in total. The first-order valence-corrected chi connectivity index (χ1v) is 10.2. The molecule has 3 aromatic rings. The molecule has 1 aromatic heterocycles. The van der Waals surface area contributed by atoms with Crippen molar-refractivity contribution in [2.75, 3.05) is 14.2 Å². The van der Waals surface area contributed by atoms with Crippen molar-refractivity contribution in [3.05, 3.63) is 70.0 Å². The SMILES string of the molecule is COc1ccc(CNS(=O)(=O)c2cc([N+](=O)[O-])ccc2-n2ccc(C)n2)c(OC)c1. The van der Waals surface area contributed by atoms with E-state index in [2.05, 4.69) is 9.82 Å². The normalized spacial score (nSPS) is 11.3. The lowest BCUT2D eigenvalue weighted by Crippen LogP contribution is -2.25. The first kappa shape index (κ1) is 21.3. The standard InChI is InChI=1S/C19H20N4O6S/c1-13-8-9-22(21-13)17-7-5-15(23(24)25)10-19(17)30(26,27)20-12-14-4-6-16(28-2)11-18(14)29-3/h4-11,20H,12H2,1-3H3. The van der Waals surface area contributed by atoms with Crippen LogP contribution in [0.4, 0.5) is 5.69 Å². The summed E-state index contributed by atoms with van der Waals surface area (Å²) < 4.78 is 40.4. The van der Waals surface area contributed by atoms with Gasteiger partial charge in [-0.25, -0.2) is 17.8 Å². The van der Waals surface area contributed by atoms with E-state index in [0.717, 1.165) is 6.07 Å². The molecule has 0 spiro atoms. The Morgan fingerprint density at radius 3 is 2.50 bits per heavy atom. The van der Waals surface area contributed by atoms with E-state index < -0.39 is 14.9 Å². The Balaban J connectivity index is 1.99. The molecule has 0 amide bonds. The number of ether oxygens (including phenoxy) is 2. The van der Waals surface area contributed by atoms with E-state index in [-0.39, 0.29) is 22.8 Å².